The van der Waals surface area contributed by atoms with Crippen molar-refractivity contribution in [1.29, 1.82) is 0 Å². The summed E-state index contributed by atoms with van der Waals surface area (Å²) in [6.07, 6.45) is 3.01. The van der Waals surface area contributed by atoms with Gasteiger partial charge >= 0.3 is 11.9 Å². The predicted octanol–water partition coefficient (Wildman–Crippen LogP) is 1.67. The number of benzene rings is 1. The summed E-state index contributed by atoms with van der Waals surface area (Å²) in [4.78, 5) is 22.0. The van der Waals surface area contributed by atoms with E-state index in [2.05, 4.69) is 0 Å². The van der Waals surface area contributed by atoms with Crippen molar-refractivity contribution in [3.8, 4) is 5.75 Å². The van der Waals surface area contributed by atoms with Gasteiger partial charge in [0.15, 0.2) is 0 Å². The molecule has 0 bridgehead atoms. The average molecular weight is 236 g/mol. The van der Waals surface area contributed by atoms with Crippen LogP contribution >= 0.6 is 0 Å². The topological polar surface area (TPSA) is 94.8 Å². The Kier molecular flexibility index (Phi) is 2.75. The van der Waals surface area contributed by atoms with Gasteiger partial charge in [0.25, 0.3) is 0 Å². The van der Waals surface area contributed by atoms with E-state index in [0.29, 0.717) is 18.4 Å². The van der Waals surface area contributed by atoms with Crippen LogP contribution in [0.5, 0.6) is 5.75 Å². The van der Waals surface area contributed by atoms with Crippen molar-refractivity contribution in [1.82, 2.24) is 0 Å². The van der Waals surface area contributed by atoms with Gasteiger partial charge in [-0.15, -0.1) is 0 Å². The molecule has 0 radical (unpaired) electrons. The minimum absolute atomic E-state index is 0.250. The summed E-state index contributed by atoms with van der Waals surface area (Å²) in [5, 5.41) is 27.7. The molecule has 0 saturated heterocycles. The molecule has 2 rings (SSSR count). The van der Waals surface area contributed by atoms with Crippen LogP contribution in [-0.2, 0) is 12.8 Å². The molecule has 0 amide bonds. The normalized spacial score (nSPS) is 14.1. The van der Waals surface area contributed by atoms with E-state index in [1.54, 1.807) is 0 Å². The number of rotatable bonds is 2. The van der Waals surface area contributed by atoms with E-state index in [9.17, 15) is 14.7 Å². The summed E-state index contributed by atoms with van der Waals surface area (Å²) in [6, 6.07) is 1.39. The van der Waals surface area contributed by atoms with E-state index in [1.165, 1.54) is 6.07 Å². The lowest BCUT2D eigenvalue weighted by Crippen LogP contribution is -2.14. The molecular formula is C12H12O5. The van der Waals surface area contributed by atoms with E-state index in [1.807, 2.05) is 0 Å². The van der Waals surface area contributed by atoms with Crippen LogP contribution < -0.4 is 0 Å². The van der Waals surface area contributed by atoms with Crippen molar-refractivity contribution >= 4 is 11.9 Å². The maximum Gasteiger partial charge on any atom is 0.339 e. The third kappa shape index (κ3) is 1.84. The lowest BCUT2D eigenvalue weighted by atomic mass is 9.86. The smallest absolute Gasteiger partial charge is 0.339 e. The Morgan fingerprint density at radius 3 is 2.29 bits per heavy atom. The molecule has 1 aromatic rings. The summed E-state index contributed by atoms with van der Waals surface area (Å²) < 4.78 is 0. The standard InChI is InChI=1S/C12H12O5/c13-10-8(11(14)15)5-6-3-1-2-4-7(6)9(10)12(16)17/h5,13H,1-4H2,(H,14,15)(H,16,17). The van der Waals surface area contributed by atoms with Crippen LogP contribution in [0.3, 0.4) is 0 Å². The Labute approximate surface area is 97.3 Å². The van der Waals surface area contributed by atoms with E-state index >= 15 is 0 Å². The molecule has 0 fully saturated rings. The fraction of sp³-hybridized carbons (Fsp3) is 0.333. The van der Waals surface area contributed by atoms with Gasteiger partial charge in [0.2, 0.25) is 0 Å². The summed E-state index contributed by atoms with van der Waals surface area (Å²) in [7, 11) is 0. The first-order chi connectivity index (χ1) is 8.02. The number of hydrogen-bond donors (Lipinski definition) is 3. The summed E-state index contributed by atoms with van der Waals surface area (Å²) in [5.74, 6) is -3.22. The maximum absolute atomic E-state index is 11.1. The molecular weight excluding hydrogens is 224 g/mol. The van der Waals surface area contributed by atoms with Crippen molar-refractivity contribution in [2.45, 2.75) is 25.7 Å². The van der Waals surface area contributed by atoms with E-state index in [4.69, 9.17) is 10.2 Å². The van der Waals surface area contributed by atoms with Gasteiger partial charge in [-0.1, -0.05) is 0 Å². The number of carbonyl (C=O) groups is 2. The third-order valence-electron chi connectivity index (χ3n) is 3.07. The Morgan fingerprint density at radius 2 is 1.71 bits per heavy atom. The van der Waals surface area contributed by atoms with Crippen LogP contribution in [0.25, 0.3) is 0 Å². The first-order valence-corrected chi connectivity index (χ1v) is 5.36. The van der Waals surface area contributed by atoms with Gasteiger partial charge in [-0.2, -0.15) is 0 Å². The predicted molar refractivity (Wildman–Crippen MR) is 58.7 cm³/mol. The first-order valence-electron chi connectivity index (χ1n) is 5.36. The van der Waals surface area contributed by atoms with Gasteiger partial charge in [-0.05, 0) is 42.9 Å². The Balaban J connectivity index is 2.73. The molecule has 0 unspecified atom stereocenters. The highest BCUT2D eigenvalue weighted by atomic mass is 16.4. The number of carboxylic acids is 2. The van der Waals surface area contributed by atoms with Gasteiger partial charge in [-0.25, -0.2) is 9.59 Å². The summed E-state index contributed by atoms with van der Waals surface area (Å²) in [5.41, 5.74) is 0.720. The second kappa shape index (κ2) is 4.08. The molecule has 0 spiro atoms. The molecule has 0 aliphatic heterocycles. The minimum atomic E-state index is -1.31. The number of aromatic hydroxyl groups is 1. The Morgan fingerprint density at radius 1 is 1.06 bits per heavy atom. The zero-order valence-electron chi connectivity index (χ0n) is 9.06. The maximum atomic E-state index is 11.1. The highest BCUT2D eigenvalue weighted by Crippen LogP contribution is 2.33. The summed E-state index contributed by atoms with van der Waals surface area (Å²) in [6.45, 7) is 0. The molecule has 5 heteroatoms. The number of phenols is 1. The second-order valence-electron chi connectivity index (χ2n) is 4.10. The molecule has 0 aromatic heterocycles. The molecule has 1 aliphatic carbocycles. The van der Waals surface area contributed by atoms with E-state index in [-0.39, 0.29) is 11.1 Å². The SMILES string of the molecule is O=C(O)c1cc2c(c(C(=O)O)c1O)CCCC2. The van der Waals surface area contributed by atoms with Gasteiger partial charge < -0.3 is 15.3 Å². The van der Waals surface area contributed by atoms with Gasteiger partial charge in [0.1, 0.15) is 16.9 Å². The highest BCUT2D eigenvalue weighted by molar-refractivity contribution is 6.00. The van der Waals surface area contributed by atoms with Crippen molar-refractivity contribution in [2.75, 3.05) is 0 Å². The number of hydrogen-bond acceptors (Lipinski definition) is 3. The number of carboxylic acid groups (broad SMARTS) is 2. The van der Waals surface area contributed by atoms with Crippen molar-refractivity contribution < 1.29 is 24.9 Å². The van der Waals surface area contributed by atoms with Crippen molar-refractivity contribution in [2.24, 2.45) is 0 Å². The van der Waals surface area contributed by atoms with Gasteiger partial charge in [0.05, 0.1) is 0 Å². The zero-order valence-corrected chi connectivity index (χ0v) is 9.06. The molecule has 1 aromatic carbocycles. The van der Waals surface area contributed by atoms with Crippen molar-refractivity contribution in [3.63, 3.8) is 0 Å². The highest BCUT2D eigenvalue weighted by Gasteiger charge is 2.26. The monoisotopic (exact) mass is 236 g/mol. The Hall–Kier alpha value is -2.04. The third-order valence-corrected chi connectivity index (χ3v) is 3.07. The lowest BCUT2D eigenvalue weighted by molar-refractivity contribution is 0.0690. The summed E-state index contributed by atoms with van der Waals surface area (Å²) >= 11 is 0. The molecule has 5 nitrogen and oxygen atoms in total. The second-order valence-corrected chi connectivity index (χ2v) is 4.10. The fourth-order valence-corrected chi connectivity index (χ4v) is 2.29. The number of aryl methyl sites for hydroxylation is 1. The largest absolute Gasteiger partial charge is 0.506 e. The van der Waals surface area contributed by atoms with Crippen LogP contribution in [0, 0.1) is 0 Å². The van der Waals surface area contributed by atoms with E-state index in [0.717, 1.165) is 18.4 Å². The zero-order chi connectivity index (χ0) is 12.6. The van der Waals surface area contributed by atoms with Crippen LogP contribution in [0.15, 0.2) is 6.07 Å². The molecule has 3 N–H and O–H groups in total. The number of aromatic carboxylic acids is 2. The molecule has 0 atom stereocenters. The van der Waals surface area contributed by atoms with Crippen LogP contribution in [0.4, 0.5) is 0 Å². The van der Waals surface area contributed by atoms with Crippen LogP contribution in [0.2, 0.25) is 0 Å². The Bertz CT molecular complexity index is 504. The van der Waals surface area contributed by atoms with Crippen LogP contribution in [0.1, 0.15) is 44.7 Å². The van der Waals surface area contributed by atoms with Crippen LogP contribution in [-0.4, -0.2) is 27.3 Å². The van der Waals surface area contributed by atoms with E-state index < -0.39 is 17.7 Å². The average Bonchev–Trinajstić information content (AvgIpc) is 2.27. The molecule has 1 aliphatic rings. The van der Waals surface area contributed by atoms with Gasteiger partial charge in [-0.3, -0.25) is 0 Å². The quantitative estimate of drug-likeness (QED) is 0.726. The molecule has 90 valence electrons. The first kappa shape index (κ1) is 11.4. The van der Waals surface area contributed by atoms with Gasteiger partial charge in [0, 0.05) is 0 Å². The minimum Gasteiger partial charge on any atom is -0.506 e. The number of fused-ring (bicyclic) bond motifs is 1. The molecule has 0 heterocycles. The lowest BCUT2D eigenvalue weighted by Gasteiger charge is -2.19. The van der Waals surface area contributed by atoms with Crippen molar-refractivity contribution in [3.05, 3.63) is 28.3 Å². The molecule has 17 heavy (non-hydrogen) atoms. The molecule has 0 saturated carbocycles. The fourth-order valence-electron chi connectivity index (χ4n) is 2.29.